The highest BCUT2D eigenvalue weighted by Crippen LogP contribution is 2.37. The van der Waals surface area contributed by atoms with Gasteiger partial charge in [-0.1, -0.05) is 23.4 Å². The first-order valence-corrected chi connectivity index (χ1v) is 8.79. The van der Waals surface area contributed by atoms with Crippen molar-refractivity contribution in [3.63, 3.8) is 0 Å². The number of thioether (sulfide) groups is 1. The van der Waals surface area contributed by atoms with Crippen LogP contribution in [0.4, 0.5) is 19.0 Å². The van der Waals surface area contributed by atoms with Crippen LogP contribution >= 0.6 is 34.7 Å². The maximum Gasteiger partial charge on any atom is 0.433 e. The molecule has 0 bridgehead atoms. The average molecular weight is 391 g/mol. The van der Waals surface area contributed by atoms with Crippen molar-refractivity contribution in [1.29, 1.82) is 0 Å². The number of aromatic nitrogens is 3. The molecule has 0 aliphatic rings. The minimum absolute atomic E-state index is 0.0480. The molecular formula is C14H10ClF3N4S2. The smallest absolute Gasteiger partial charge is 0.384 e. The van der Waals surface area contributed by atoms with Crippen LogP contribution in [-0.4, -0.2) is 15.0 Å². The molecule has 0 saturated carbocycles. The fourth-order valence-corrected chi connectivity index (χ4v) is 3.99. The summed E-state index contributed by atoms with van der Waals surface area (Å²) in [6.45, 7) is 1.80. The van der Waals surface area contributed by atoms with Gasteiger partial charge in [0, 0.05) is 23.0 Å². The Labute approximate surface area is 148 Å². The molecule has 10 heteroatoms. The molecule has 0 aromatic carbocycles. The highest BCUT2D eigenvalue weighted by Gasteiger charge is 2.33. The lowest BCUT2D eigenvalue weighted by Crippen LogP contribution is -2.11. The Bertz CT molecular complexity index is 897. The van der Waals surface area contributed by atoms with Crippen LogP contribution in [0.1, 0.15) is 23.6 Å². The minimum atomic E-state index is -4.57. The van der Waals surface area contributed by atoms with Gasteiger partial charge in [0.05, 0.1) is 20.7 Å². The number of rotatable bonds is 3. The molecule has 3 aromatic rings. The summed E-state index contributed by atoms with van der Waals surface area (Å²) in [6.07, 6.45) is -2.88. The second-order valence-corrected chi connectivity index (χ2v) is 7.53. The van der Waals surface area contributed by atoms with Gasteiger partial charge in [0.15, 0.2) is 10.9 Å². The molecule has 1 atom stereocenters. The minimum Gasteiger partial charge on any atom is -0.384 e. The number of pyridine rings is 1. The molecule has 4 nitrogen and oxygen atoms in total. The van der Waals surface area contributed by atoms with Crippen molar-refractivity contribution in [3.8, 4) is 0 Å². The number of hydrogen-bond donors (Lipinski definition) is 1. The number of nitrogen functional groups attached to an aromatic ring is 1. The number of hydrogen-bond acceptors (Lipinski definition) is 6. The summed E-state index contributed by atoms with van der Waals surface area (Å²) in [5.74, 6) is -0.226. The van der Waals surface area contributed by atoms with Crippen LogP contribution in [0, 0.1) is 0 Å². The second-order valence-electron chi connectivity index (χ2n) is 4.91. The highest BCUT2D eigenvalue weighted by atomic mass is 35.5. The Morgan fingerprint density at radius 1 is 1.29 bits per heavy atom. The van der Waals surface area contributed by atoms with E-state index >= 15 is 0 Å². The highest BCUT2D eigenvalue weighted by molar-refractivity contribution is 7.99. The molecule has 0 spiro atoms. The fourth-order valence-electron chi connectivity index (χ4n) is 2.00. The van der Waals surface area contributed by atoms with Gasteiger partial charge in [-0.25, -0.2) is 9.97 Å². The number of anilines is 1. The number of nitrogens with zero attached hydrogens (tertiary/aromatic N) is 3. The number of alkyl halides is 3. The first-order valence-electron chi connectivity index (χ1n) is 6.65. The quantitative estimate of drug-likeness (QED) is 0.492. The third-order valence-corrected chi connectivity index (χ3v) is 5.51. The third-order valence-electron chi connectivity index (χ3n) is 3.15. The molecule has 24 heavy (non-hydrogen) atoms. The molecule has 0 amide bonds. The van der Waals surface area contributed by atoms with Gasteiger partial charge in [-0.15, -0.1) is 11.3 Å². The Balaban J connectivity index is 1.89. The van der Waals surface area contributed by atoms with Crippen LogP contribution in [0.3, 0.4) is 0 Å². The van der Waals surface area contributed by atoms with Gasteiger partial charge in [0.25, 0.3) is 0 Å². The lowest BCUT2D eigenvalue weighted by atomic mass is 10.2. The van der Waals surface area contributed by atoms with Crippen molar-refractivity contribution in [3.05, 3.63) is 40.1 Å². The largest absolute Gasteiger partial charge is 0.433 e. The topological polar surface area (TPSA) is 64.7 Å². The average Bonchev–Trinajstić information content (AvgIpc) is 2.86. The van der Waals surface area contributed by atoms with Crippen molar-refractivity contribution >= 4 is 50.6 Å². The summed E-state index contributed by atoms with van der Waals surface area (Å²) in [5.41, 5.74) is 5.07. The van der Waals surface area contributed by atoms with Gasteiger partial charge in [0.2, 0.25) is 0 Å². The lowest BCUT2D eigenvalue weighted by Gasteiger charge is -2.12. The zero-order valence-electron chi connectivity index (χ0n) is 12.1. The molecular weight excluding hydrogens is 381 g/mol. The maximum atomic E-state index is 12.8. The summed E-state index contributed by atoms with van der Waals surface area (Å²) >= 11 is 8.64. The number of thiophene rings is 1. The Morgan fingerprint density at radius 3 is 2.75 bits per heavy atom. The zero-order chi connectivity index (χ0) is 17.5. The lowest BCUT2D eigenvalue weighted by molar-refractivity contribution is -0.141. The van der Waals surface area contributed by atoms with E-state index in [9.17, 15) is 13.2 Å². The van der Waals surface area contributed by atoms with Crippen molar-refractivity contribution in [2.75, 3.05) is 5.73 Å². The van der Waals surface area contributed by atoms with Gasteiger partial charge < -0.3 is 5.73 Å². The monoisotopic (exact) mass is 390 g/mol. The molecule has 0 radical (unpaired) electrons. The van der Waals surface area contributed by atoms with Gasteiger partial charge in [-0.05, 0) is 13.0 Å². The van der Waals surface area contributed by atoms with Crippen LogP contribution in [0.25, 0.3) is 10.1 Å². The summed E-state index contributed by atoms with van der Waals surface area (Å²) in [6, 6.07) is 2.53. The van der Waals surface area contributed by atoms with E-state index in [2.05, 4.69) is 15.0 Å². The zero-order valence-corrected chi connectivity index (χ0v) is 14.5. The molecule has 126 valence electrons. The van der Waals surface area contributed by atoms with Crippen molar-refractivity contribution in [2.45, 2.75) is 23.5 Å². The Morgan fingerprint density at radius 2 is 2.04 bits per heavy atom. The standard InChI is InChI=1S/C14H10ClF3N4S2/c1-6(9-2-7-8(15)5-23-10(7)4-20-9)24-13-21-11(14(16,17)18)3-12(19)22-13/h2-6H,1H3,(H2,19,21,22). The molecule has 0 fully saturated rings. The third kappa shape index (κ3) is 3.57. The van der Waals surface area contributed by atoms with Crippen LogP contribution in [0.5, 0.6) is 0 Å². The van der Waals surface area contributed by atoms with Crippen molar-refractivity contribution in [1.82, 2.24) is 15.0 Å². The molecule has 0 aliphatic carbocycles. The first-order chi connectivity index (χ1) is 11.2. The van der Waals surface area contributed by atoms with E-state index in [0.29, 0.717) is 16.8 Å². The van der Waals surface area contributed by atoms with Crippen molar-refractivity contribution < 1.29 is 13.2 Å². The molecule has 1 unspecified atom stereocenters. The van der Waals surface area contributed by atoms with Gasteiger partial charge >= 0.3 is 6.18 Å². The number of halogens is 4. The Kier molecular flexibility index (Phi) is 4.58. The Hall–Kier alpha value is -1.58. The van der Waals surface area contributed by atoms with Crippen LogP contribution in [-0.2, 0) is 6.18 Å². The van der Waals surface area contributed by atoms with E-state index in [1.165, 1.54) is 11.3 Å². The first kappa shape index (κ1) is 17.2. The molecule has 3 aromatic heterocycles. The SMILES string of the molecule is CC(Sc1nc(N)cc(C(F)(F)F)n1)c1cc2c(Cl)csc2cn1. The second kappa shape index (κ2) is 6.38. The van der Waals surface area contributed by atoms with Crippen LogP contribution in [0.2, 0.25) is 5.02 Å². The van der Waals surface area contributed by atoms with Crippen molar-refractivity contribution in [2.24, 2.45) is 0 Å². The van der Waals surface area contributed by atoms with E-state index in [1.54, 1.807) is 13.1 Å². The van der Waals surface area contributed by atoms with E-state index < -0.39 is 11.9 Å². The van der Waals surface area contributed by atoms with Gasteiger partial charge in [0.1, 0.15) is 5.82 Å². The van der Waals surface area contributed by atoms with Crippen LogP contribution in [0.15, 0.2) is 28.9 Å². The van der Waals surface area contributed by atoms with Crippen LogP contribution < -0.4 is 5.73 Å². The molecule has 3 rings (SSSR count). The van der Waals surface area contributed by atoms with E-state index in [0.717, 1.165) is 21.8 Å². The van der Waals surface area contributed by atoms with E-state index in [1.807, 2.05) is 11.4 Å². The summed E-state index contributed by atoms with van der Waals surface area (Å²) in [4.78, 5) is 11.7. The normalized spacial score (nSPS) is 13.4. The predicted molar refractivity (Wildman–Crippen MR) is 90.3 cm³/mol. The summed E-state index contributed by atoms with van der Waals surface area (Å²) < 4.78 is 39.4. The van der Waals surface area contributed by atoms with Gasteiger partial charge in [-0.2, -0.15) is 13.2 Å². The van der Waals surface area contributed by atoms with E-state index in [4.69, 9.17) is 17.3 Å². The number of fused-ring (bicyclic) bond motifs is 1. The molecule has 0 aliphatic heterocycles. The molecule has 2 N–H and O–H groups in total. The maximum absolute atomic E-state index is 12.8. The summed E-state index contributed by atoms with van der Waals surface area (Å²) in [5, 5.41) is 2.98. The number of nitrogens with two attached hydrogens (primary N) is 1. The fraction of sp³-hybridized carbons (Fsp3) is 0.214. The van der Waals surface area contributed by atoms with E-state index in [-0.39, 0.29) is 16.2 Å². The molecule has 3 heterocycles. The molecule has 0 saturated heterocycles. The summed E-state index contributed by atoms with van der Waals surface area (Å²) in [7, 11) is 0. The predicted octanol–water partition coefficient (Wildman–Crippen LogP) is 5.19. The van der Waals surface area contributed by atoms with Gasteiger partial charge in [-0.3, -0.25) is 4.98 Å².